The summed E-state index contributed by atoms with van der Waals surface area (Å²) in [5, 5.41) is 11.1. The molecule has 1 atom stereocenters. The first-order valence-electron chi connectivity index (χ1n) is 8.96. The average molecular weight is 337 g/mol. The molecule has 0 amide bonds. The first-order chi connectivity index (χ1) is 12.1. The van der Waals surface area contributed by atoms with Crippen molar-refractivity contribution in [3.05, 3.63) is 59.2 Å². The summed E-state index contributed by atoms with van der Waals surface area (Å²) in [7, 11) is 0. The Morgan fingerprint density at radius 1 is 1.28 bits per heavy atom. The van der Waals surface area contributed by atoms with E-state index in [4.69, 9.17) is 15.9 Å². The van der Waals surface area contributed by atoms with Crippen LogP contribution < -0.4 is 11.1 Å². The zero-order chi connectivity index (χ0) is 17.6. The molecule has 1 fully saturated rings. The minimum absolute atomic E-state index is 0.0989. The van der Waals surface area contributed by atoms with Gasteiger partial charge in [-0.3, -0.25) is 5.41 Å². The van der Waals surface area contributed by atoms with Crippen LogP contribution in [-0.2, 0) is 11.3 Å². The summed E-state index contributed by atoms with van der Waals surface area (Å²) in [6, 6.07) is 14.3. The summed E-state index contributed by atoms with van der Waals surface area (Å²) in [4.78, 5) is 0. The number of aryl methyl sites for hydroxylation is 1. The lowest BCUT2D eigenvalue weighted by molar-refractivity contribution is 0.0783. The SMILES string of the molecule is Cc1ccc(C(=N)N)cc1-c1cccc(COCC2CCCNC2)c1. The van der Waals surface area contributed by atoms with Crippen molar-refractivity contribution in [2.24, 2.45) is 11.7 Å². The number of amidine groups is 1. The predicted octanol–water partition coefficient (Wildman–Crippen LogP) is 3.46. The lowest BCUT2D eigenvalue weighted by Crippen LogP contribution is -2.32. The van der Waals surface area contributed by atoms with Crippen LogP contribution in [-0.4, -0.2) is 25.5 Å². The molecule has 2 aromatic carbocycles. The molecular weight excluding hydrogens is 310 g/mol. The van der Waals surface area contributed by atoms with Crippen molar-refractivity contribution in [2.45, 2.75) is 26.4 Å². The Labute approximate surface area is 149 Å². The van der Waals surface area contributed by atoms with Gasteiger partial charge in [-0.15, -0.1) is 0 Å². The third-order valence-corrected chi connectivity index (χ3v) is 4.81. The molecule has 1 unspecified atom stereocenters. The van der Waals surface area contributed by atoms with Crippen molar-refractivity contribution in [1.82, 2.24) is 5.32 Å². The Morgan fingerprint density at radius 3 is 2.92 bits per heavy atom. The van der Waals surface area contributed by atoms with Gasteiger partial charge in [-0.05, 0) is 66.6 Å². The molecule has 0 radical (unpaired) electrons. The van der Waals surface area contributed by atoms with E-state index in [1.54, 1.807) is 0 Å². The standard InChI is InChI=1S/C21H27N3O/c1-15-7-8-19(21(22)23)11-20(15)18-6-2-4-16(10-18)13-25-14-17-5-3-9-24-12-17/h2,4,6-8,10-11,17,24H,3,5,9,12-14H2,1H3,(H3,22,23). The minimum atomic E-state index is 0.0989. The van der Waals surface area contributed by atoms with Crippen LogP contribution >= 0.6 is 0 Å². The topological polar surface area (TPSA) is 71.1 Å². The van der Waals surface area contributed by atoms with Crippen LogP contribution in [0.5, 0.6) is 0 Å². The van der Waals surface area contributed by atoms with Crippen molar-refractivity contribution in [3.63, 3.8) is 0 Å². The molecule has 2 aromatic rings. The molecule has 1 saturated heterocycles. The molecule has 0 spiro atoms. The van der Waals surface area contributed by atoms with E-state index in [1.165, 1.54) is 24.0 Å². The lowest BCUT2D eigenvalue weighted by Gasteiger charge is -2.22. The van der Waals surface area contributed by atoms with E-state index < -0.39 is 0 Å². The van der Waals surface area contributed by atoms with Gasteiger partial charge in [0.2, 0.25) is 0 Å². The highest BCUT2D eigenvalue weighted by atomic mass is 16.5. The molecule has 4 heteroatoms. The van der Waals surface area contributed by atoms with E-state index in [9.17, 15) is 0 Å². The molecule has 4 N–H and O–H groups in total. The van der Waals surface area contributed by atoms with Gasteiger partial charge in [-0.1, -0.05) is 30.3 Å². The first-order valence-corrected chi connectivity index (χ1v) is 8.96. The van der Waals surface area contributed by atoms with Crippen LogP contribution in [0.15, 0.2) is 42.5 Å². The predicted molar refractivity (Wildman–Crippen MR) is 103 cm³/mol. The van der Waals surface area contributed by atoms with Crippen molar-refractivity contribution >= 4 is 5.84 Å². The van der Waals surface area contributed by atoms with E-state index in [0.717, 1.165) is 36.4 Å². The Bertz CT molecular complexity index is 736. The van der Waals surface area contributed by atoms with Gasteiger partial charge in [0.15, 0.2) is 0 Å². The van der Waals surface area contributed by atoms with Gasteiger partial charge in [0.1, 0.15) is 5.84 Å². The summed E-state index contributed by atoms with van der Waals surface area (Å²) >= 11 is 0. The second-order valence-corrected chi connectivity index (χ2v) is 6.87. The van der Waals surface area contributed by atoms with Crippen LogP contribution in [0.1, 0.15) is 29.5 Å². The molecule has 3 rings (SSSR count). The monoisotopic (exact) mass is 337 g/mol. The maximum atomic E-state index is 7.65. The smallest absolute Gasteiger partial charge is 0.122 e. The number of hydrogen-bond donors (Lipinski definition) is 3. The van der Waals surface area contributed by atoms with Crippen molar-refractivity contribution in [3.8, 4) is 11.1 Å². The molecular formula is C21H27N3O. The Balaban J connectivity index is 1.69. The summed E-state index contributed by atoms with van der Waals surface area (Å²) in [5.74, 6) is 0.730. The number of nitrogen functional groups attached to an aromatic ring is 1. The fourth-order valence-corrected chi connectivity index (χ4v) is 3.34. The fraction of sp³-hybridized carbons (Fsp3) is 0.381. The second-order valence-electron chi connectivity index (χ2n) is 6.87. The molecule has 1 aliphatic rings. The molecule has 4 nitrogen and oxygen atoms in total. The zero-order valence-corrected chi connectivity index (χ0v) is 14.8. The highest BCUT2D eigenvalue weighted by Gasteiger charge is 2.13. The molecule has 1 heterocycles. The van der Waals surface area contributed by atoms with E-state index in [2.05, 4.69) is 36.5 Å². The number of rotatable bonds is 6. The zero-order valence-electron chi connectivity index (χ0n) is 14.8. The largest absolute Gasteiger partial charge is 0.384 e. The normalized spacial score (nSPS) is 17.4. The van der Waals surface area contributed by atoms with Crippen molar-refractivity contribution in [1.29, 1.82) is 5.41 Å². The summed E-state index contributed by atoms with van der Waals surface area (Å²) in [6.45, 7) is 5.73. The third kappa shape index (κ3) is 4.68. The highest BCUT2D eigenvalue weighted by molar-refractivity contribution is 5.96. The third-order valence-electron chi connectivity index (χ3n) is 4.81. The van der Waals surface area contributed by atoms with Gasteiger partial charge in [0, 0.05) is 12.1 Å². The van der Waals surface area contributed by atoms with Gasteiger partial charge in [0.05, 0.1) is 13.2 Å². The first kappa shape index (κ1) is 17.6. The number of piperidine rings is 1. The number of nitrogens with two attached hydrogens (primary N) is 1. The van der Waals surface area contributed by atoms with Crippen LogP contribution in [0.3, 0.4) is 0 Å². The quantitative estimate of drug-likeness (QED) is 0.558. The van der Waals surface area contributed by atoms with E-state index in [0.29, 0.717) is 12.5 Å². The fourth-order valence-electron chi connectivity index (χ4n) is 3.34. The molecule has 132 valence electrons. The van der Waals surface area contributed by atoms with Gasteiger partial charge >= 0.3 is 0 Å². The van der Waals surface area contributed by atoms with Gasteiger partial charge in [-0.2, -0.15) is 0 Å². The van der Waals surface area contributed by atoms with Crippen LogP contribution in [0.25, 0.3) is 11.1 Å². The summed E-state index contributed by atoms with van der Waals surface area (Å²) in [6.07, 6.45) is 2.50. The lowest BCUT2D eigenvalue weighted by atomic mass is 9.96. The minimum Gasteiger partial charge on any atom is -0.384 e. The van der Waals surface area contributed by atoms with Crippen LogP contribution in [0.2, 0.25) is 0 Å². The van der Waals surface area contributed by atoms with Crippen LogP contribution in [0.4, 0.5) is 0 Å². The highest BCUT2D eigenvalue weighted by Crippen LogP contribution is 2.26. The molecule has 0 aromatic heterocycles. The Kier molecular flexibility index (Phi) is 5.84. The van der Waals surface area contributed by atoms with Gasteiger partial charge in [-0.25, -0.2) is 0 Å². The van der Waals surface area contributed by atoms with Crippen LogP contribution in [0, 0.1) is 18.3 Å². The number of ether oxygens (including phenoxy) is 1. The summed E-state index contributed by atoms with van der Waals surface area (Å²) in [5.41, 5.74) is 11.0. The van der Waals surface area contributed by atoms with E-state index in [-0.39, 0.29) is 5.84 Å². The van der Waals surface area contributed by atoms with Gasteiger partial charge < -0.3 is 15.8 Å². The van der Waals surface area contributed by atoms with E-state index in [1.807, 2.05) is 18.2 Å². The molecule has 0 aliphatic carbocycles. The van der Waals surface area contributed by atoms with Gasteiger partial charge in [0.25, 0.3) is 0 Å². The number of nitrogens with one attached hydrogen (secondary N) is 2. The molecule has 25 heavy (non-hydrogen) atoms. The molecule has 1 aliphatic heterocycles. The second kappa shape index (κ2) is 8.28. The summed E-state index contributed by atoms with van der Waals surface area (Å²) < 4.78 is 5.95. The number of hydrogen-bond acceptors (Lipinski definition) is 3. The average Bonchev–Trinajstić information content (AvgIpc) is 2.63. The number of benzene rings is 2. The molecule has 0 saturated carbocycles. The maximum Gasteiger partial charge on any atom is 0.122 e. The Morgan fingerprint density at radius 2 is 2.16 bits per heavy atom. The maximum absolute atomic E-state index is 7.65. The van der Waals surface area contributed by atoms with E-state index >= 15 is 0 Å². The van der Waals surface area contributed by atoms with Crippen molar-refractivity contribution in [2.75, 3.05) is 19.7 Å². The van der Waals surface area contributed by atoms with Crippen molar-refractivity contribution < 1.29 is 4.74 Å². The molecule has 0 bridgehead atoms. The Hall–Kier alpha value is -2.17.